The molecule has 0 bridgehead atoms. The zero-order valence-electron chi connectivity index (χ0n) is 7.16. The summed E-state index contributed by atoms with van der Waals surface area (Å²) in [5.41, 5.74) is 0. The SMILES string of the molecule is C1=NC([C]2COCCO2)CCC1. The Kier molecular flexibility index (Phi) is 2.74. The molecular weight excluding hydrogens is 154 g/mol. The van der Waals surface area contributed by atoms with E-state index in [0.717, 1.165) is 25.6 Å². The third kappa shape index (κ3) is 1.84. The second kappa shape index (κ2) is 4.01. The molecule has 12 heavy (non-hydrogen) atoms. The molecule has 2 aliphatic heterocycles. The highest BCUT2D eigenvalue weighted by atomic mass is 16.6. The standard InChI is InChI=1S/C9H14NO2/c1-2-4-10-8(3-1)9-7-11-5-6-12-9/h4,8H,1-3,5-7H2. The lowest BCUT2D eigenvalue weighted by Gasteiger charge is -2.28. The van der Waals surface area contributed by atoms with E-state index in [2.05, 4.69) is 4.99 Å². The molecule has 2 heterocycles. The Balaban J connectivity index is 1.88. The maximum Gasteiger partial charge on any atom is 0.147 e. The second-order valence-electron chi connectivity index (χ2n) is 3.15. The minimum atomic E-state index is 0.277. The number of hydrogen-bond donors (Lipinski definition) is 0. The predicted molar refractivity (Wildman–Crippen MR) is 46.1 cm³/mol. The van der Waals surface area contributed by atoms with E-state index in [0.29, 0.717) is 13.2 Å². The zero-order valence-corrected chi connectivity index (χ0v) is 7.16. The van der Waals surface area contributed by atoms with Gasteiger partial charge in [-0.15, -0.1) is 0 Å². The van der Waals surface area contributed by atoms with Crippen LogP contribution in [0.4, 0.5) is 0 Å². The van der Waals surface area contributed by atoms with Gasteiger partial charge in [-0.05, 0) is 25.5 Å². The molecule has 0 aliphatic carbocycles. The molecule has 0 spiro atoms. The Morgan fingerprint density at radius 3 is 3.08 bits per heavy atom. The van der Waals surface area contributed by atoms with Crippen LogP contribution in [-0.2, 0) is 9.47 Å². The minimum absolute atomic E-state index is 0.277. The molecule has 0 amide bonds. The maximum absolute atomic E-state index is 5.50. The molecule has 0 aromatic carbocycles. The summed E-state index contributed by atoms with van der Waals surface area (Å²) in [6.45, 7) is 2.06. The van der Waals surface area contributed by atoms with Crippen LogP contribution >= 0.6 is 0 Å². The van der Waals surface area contributed by atoms with E-state index in [4.69, 9.17) is 9.47 Å². The Morgan fingerprint density at radius 1 is 1.42 bits per heavy atom. The minimum Gasteiger partial charge on any atom is -0.376 e. The van der Waals surface area contributed by atoms with Gasteiger partial charge in [-0.25, -0.2) is 0 Å². The summed E-state index contributed by atoms with van der Waals surface area (Å²) < 4.78 is 10.8. The Hall–Kier alpha value is -0.410. The topological polar surface area (TPSA) is 30.8 Å². The van der Waals surface area contributed by atoms with Crippen molar-refractivity contribution in [3.8, 4) is 0 Å². The fraction of sp³-hybridized carbons (Fsp3) is 0.778. The summed E-state index contributed by atoms with van der Waals surface area (Å²) in [6.07, 6.45) is 6.48. The number of nitrogens with zero attached hydrogens (tertiary/aromatic N) is 1. The summed E-state index contributed by atoms with van der Waals surface area (Å²) in [7, 11) is 0. The number of rotatable bonds is 1. The first-order valence-corrected chi connectivity index (χ1v) is 4.55. The monoisotopic (exact) mass is 168 g/mol. The molecule has 2 rings (SSSR count). The van der Waals surface area contributed by atoms with Crippen molar-refractivity contribution >= 4 is 6.21 Å². The highest BCUT2D eigenvalue weighted by molar-refractivity contribution is 5.58. The van der Waals surface area contributed by atoms with Crippen LogP contribution in [0.15, 0.2) is 4.99 Å². The Bertz CT molecular complexity index is 164. The van der Waals surface area contributed by atoms with Crippen molar-refractivity contribution < 1.29 is 9.47 Å². The average Bonchev–Trinajstić information content (AvgIpc) is 2.21. The van der Waals surface area contributed by atoms with Gasteiger partial charge in [0.05, 0.1) is 25.9 Å². The van der Waals surface area contributed by atoms with Gasteiger partial charge in [-0.2, -0.15) is 0 Å². The van der Waals surface area contributed by atoms with E-state index < -0.39 is 0 Å². The molecule has 1 radical (unpaired) electrons. The summed E-state index contributed by atoms with van der Waals surface area (Å²) >= 11 is 0. The summed E-state index contributed by atoms with van der Waals surface area (Å²) in [5.74, 6) is 0. The summed E-state index contributed by atoms with van der Waals surface area (Å²) in [4.78, 5) is 4.39. The van der Waals surface area contributed by atoms with Crippen LogP contribution in [0.5, 0.6) is 0 Å². The van der Waals surface area contributed by atoms with Crippen LogP contribution < -0.4 is 0 Å². The molecule has 2 aliphatic rings. The van der Waals surface area contributed by atoms with Crippen molar-refractivity contribution in [1.82, 2.24) is 0 Å². The first-order chi connectivity index (χ1) is 5.97. The van der Waals surface area contributed by atoms with E-state index in [1.165, 1.54) is 6.42 Å². The molecule has 1 fully saturated rings. The van der Waals surface area contributed by atoms with Crippen molar-refractivity contribution in [3.05, 3.63) is 6.10 Å². The lowest BCUT2D eigenvalue weighted by Crippen LogP contribution is -2.31. The zero-order chi connectivity index (χ0) is 8.23. The fourth-order valence-electron chi connectivity index (χ4n) is 1.56. The molecule has 0 saturated carbocycles. The molecule has 1 unspecified atom stereocenters. The van der Waals surface area contributed by atoms with E-state index in [1.807, 2.05) is 6.21 Å². The molecule has 67 valence electrons. The van der Waals surface area contributed by atoms with Crippen molar-refractivity contribution in [2.75, 3.05) is 19.8 Å². The van der Waals surface area contributed by atoms with Crippen LogP contribution in [0.25, 0.3) is 0 Å². The molecule has 3 heteroatoms. The van der Waals surface area contributed by atoms with Crippen LogP contribution in [-0.4, -0.2) is 32.1 Å². The highest BCUT2D eigenvalue weighted by Gasteiger charge is 2.26. The van der Waals surface area contributed by atoms with Gasteiger partial charge < -0.3 is 9.47 Å². The normalized spacial score (nSPS) is 32.2. The third-order valence-electron chi connectivity index (χ3n) is 2.23. The van der Waals surface area contributed by atoms with Crippen molar-refractivity contribution in [3.63, 3.8) is 0 Å². The van der Waals surface area contributed by atoms with Gasteiger partial charge in [0, 0.05) is 0 Å². The average molecular weight is 168 g/mol. The van der Waals surface area contributed by atoms with Gasteiger partial charge >= 0.3 is 0 Å². The predicted octanol–water partition coefficient (Wildman–Crippen LogP) is 1.19. The molecule has 0 N–H and O–H groups in total. The number of ether oxygens (including phenoxy) is 2. The molecule has 3 nitrogen and oxygen atoms in total. The largest absolute Gasteiger partial charge is 0.376 e. The third-order valence-corrected chi connectivity index (χ3v) is 2.23. The van der Waals surface area contributed by atoms with Gasteiger partial charge in [0.15, 0.2) is 0 Å². The van der Waals surface area contributed by atoms with Crippen LogP contribution in [0.1, 0.15) is 19.3 Å². The second-order valence-corrected chi connectivity index (χ2v) is 3.15. The van der Waals surface area contributed by atoms with Crippen molar-refractivity contribution in [1.29, 1.82) is 0 Å². The highest BCUT2D eigenvalue weighted by Crippen LogP contribution is 2.23. The van der Waals surface area contributed by atoms with Gasteiger partial charge in [-0.1, -0.05) is 0 Å². The number of aliphatic imine (C=N–C) groups is 1. The van der Waals surface area contributed by atoms with E-state index in [1.54, 1.807) is 0 Å². The lowest BCUT2D eigenvalue weighted by atomic mass is 10.0. The molecular formula is C9H14NO2. The first-order valence-electron chi connectivity index (χ1n) is 4.55. The first kappa shape index (κ1) is 8.20. The van der Waals surface area contributed by atoms with Gasteiger partial charge in [0.2, 0.25) is 0 Å². The number of hydrogen-bond acceptors (Lipinski definition) is 3. The molecule has 1 atom stereocenters. The Labute approximate surface area is 72.8 Å². The van der Waals surface area contributed by atoms with E-state index >= 15 is 0 Å². The molecule has 0 aromatic heterocycles. The smallest absolute Gasteiger partial charge is 0.147 e. The maximum atomic E-state index is 5.50. The van der Waals surface area contributed by atoms with Crippen molar-refractivity contribution in [2.24, 2.45) is 4.99 Å². The summed E-state index contributed by atoms with van der Waals surface area (Å²) in [5, 5.41) is 0. The van der Waals surface area contributed by atoms with Gasteiger partial charge in [-0.3, -0.25) is 4.99 Å². The van der Waals surface area contributed by atoms with Crippen LogP contribution in [0.2, 0.25) is 0 Å². The molecule has 1 saturated heterocycles. The lowest BCUT2D eigenvalue weighted by molar-refractivity contribution is -0.0382. The quantitative estimate of drug-likeness (QED) is 0.588. The van der Waals surface area contributed by atoms with Crippen LogP contribution in [0.3, 0.4) is 0 Å². The van der Waals surface area contributed by atoms with Gasteiger partial charge in [0.1, 0.15) is 6.10 Å². The Morgan fingerprint density at radius 2 is 2.42 bits per heavy atom. The van der Waals surface area contributed by atoms with Gasteiger partial charge in [0.25, 0.3) is 0 Å². The van der Waals surface area contributed by atoms with Crippen molar-refractivity contribution in [2.45, 2.75) is 25.3 Å². The van der Waals surface area contributed by atoms with E-state index in [9.17, 15) is 0 Å². The molecule has 0 aromatic rings. The summed E-state index contributed by atoms with van der Waals surface area (Å²) in [6, 6.07) is 0.277. The fourth-order valence-corrected chi connectivity index (χ4v) is 1.56. The van der Waals surface area contributed by atoms with Crippen LogP contribution in [0, 0.1) is 6.10 Å². The van der Waals surface area contributed by atoms with E-state index in [-0.39, 0.29) is 6.04 Å².